The minimum atomic E-state index is -0.270. The van der Waals surface area contributed by atoms with Crippen LogP contribution in [0.15, 0.2) is 21.5 Å². The molecule has 8 nitrogen and oxygen atoms in total. The Morgan fingerprint density at radius 1 is 1.15 bits per heavy atom. The molecule has 1 fully saturated rings. The number of carbonyl (C=O) groups is 2. The summed E-state index contributed by atoms with van der Waals surface area (Å²) in [4.78, 5) is 47.7. The number of hydrogen-bond donors (Lipinski definition) is 1. The second-order valence-corrected chi connectivity index (χ2v) is 6.85. The van der Waals surface area contributed by atoms with Gasteiger partial charge >= 0.3 is 0 Å². The van der Waals surface area contributed by atoms with E-state index in [0.29, 0.717) is 55.4 Å². The molecule has 0 aliphatic carbocycles. The van der Waals surface area contributed by atoms with E-state index < -0.39 is 0 Å². The highest BCUT2D eigenvalue weighted by atomic mass is 16.3. The first-order valence-corrected chi connectivity index (χ1v) is 9.04. The zero-order valence-electron chi connectivity index (χ0n) is 15.9. The molecule has 2 aromatic heterocycles. The van der Waals surface area contributed by atoms with Gasteiger partial charge in [-0.25, -0.2) is 4.98 Å². The van der Waals surface area contributed by atoms with E-state index in [1.54, 1.807) is 29.7 Å². The first kappa shape index (κ1) is 18.9. The first-order chi connectivity index (χ1) is 12.9. The number of aryl methyl sites for hydroxylation is 3. The van der Waals surface area contributed by atoms with Crippen LogP contribution in [0.4, 0.5) is 0 Å². The highest BCUT2D eigenvalue weighted by molar-refractivity contribution is 5.93. The fourth-order valence-electron chi connectivity index (χ4n) is 3.33. The van der Waals surface area contributed by atoms with Gasteiger partial charge in [-0.1, -0.05) is 0 Å². The maximum absolute atomic E-state index is 12.7. The lowest BCUT2D eigenvalue weighted by molar-refractivity contribution is -0.130. The van der Waals surface area contributed by atoms with Crippen LogP contribution >= 0.6 is 0 Å². The molecule has 3 heterocycles. The number of carbonyl (C=O) groups excluding carboxylic acids is 2. The molecule has 144 valence electrons. The summed E-state index contributed by atoms with van der Waals surface area (Å²) < 4.78 is 5.29. The third-order valence-corrected chi connectivity index (χ3v) is 4.86. The van der Waals surface area contributed by atoms with E-state index in [2.05, 4.69) is 9.97 Å². The van der Waals surface area contributed by atoms with Gasteiger partial charge in [-0.15, -0.1) is 0 Å². The van der Waals surface area contributed by atoms with Crippen LogP contribution in [-0.2, 0) is 11.2 Å². The summed E-state index contributed by atoms with van der Waals surface area (Å²) in [6.45, 7) is 7.26. The summed E-state index contributed by atoms with van der Waals surface area (Å²) in [6.07, 6.45) is 2.20. The van der Waals surface area contributed by atoms with Gasteiger partial charge in [0.1, 0.15) is 5.82 Å². The number of rotatable bonds is 3. The molecule has 1 saturated heterocycles. The molecule has 8 heteroatoms. The molecule has 3 rings (SSSR count). The van der Waals surface area contributed by atoms with Crippen molar-refractivity contribution in [3.05, 3.63) is 51.1 Å². The van der Waals surface area contributed by atoms with Crippen molar-refractivity contribution in [3.8, 4) is 0 Å². The van der Waals surface area contributed by atoms with Crippen molar-refractivity contribution in [1.82, 2.24) is 19.8 Å². The summed E-state index contributed by atoms with van der Waals surface area (Å²) in [6, 6.07) is 1.76. The van der Waals surface area contributed by atoms with E-state index in [1.807, 2.05) is 6.92 Å². The largest absolute Gasteiger partial charge is 0.459 e. The average molecular weight is 372 g/mol. The van der Waals surface area contributed by atoms with Crippen LogP contribution in [0.5, 0.6) is 0 Å². The summed E-state index contributed by atoms with van der Waals surface area (Å²) in [5, 5.41) is 0. The molecule has 0 aromatic carbocycles. The van der Waals surface area contributed by atoms with Crippen LogP contribution in [0.25, 0.3) is 0 Å². The second kappa shape index (κ2) is 7.77. The molecule has 0 spiro atoms. The number of hydrogen-bond acceptors (Lipinski definition) is 5. The molecule has 0 radical (unpaired) electrons. The van der Waals surface area contributed by atoms with Crippen molar-refractivity contribution in [2.24, 2.45) is 0 Å². The summed E-state index contributed by atoms with van der Waals surface area (Å²) in [5.74, 6) is 0.605. The maximum atomic E-state index is 12.7. The van der Waals surface area contributed by atoms with E-state index >= 15 is 0 Å². The van der Waals surface area contributed by atoms with Crippen LogP contribution in [0.1, 0.15) is 39.6 Å². The molecular formula is C19H24N4O4. The van der Waals surface area contributed by atoms with Crippen molar-refractivity contribution in [2.45, 2.75) is 33.6 Å². The van der Waals surface area contributed by atoms with Gasteiger partial charge in [-0.3, -0.25) is 14.4 Å². The normalized spacial score (nSPS) is 14.9. The molecule has 2 aromatic rings. The lowest BCUT2D eigenvalue weighted by atomic mass is 10.1. The number of aromatic amines is 1. The van der Waals surface area contributed by atoms with Gasteiger partial charge in [0.25, 0.3) is 11.5 Å². The Morgan fingerprint density at radius 3 is 2.52 bits per heavy atom. The Balaban J connectivity index is 1.66. The SMILES string of the molecule is Cc1nc(C)c(CC(=O)N2CCCN(C(=O)c3occc3C)CC2)c(=O)[nH]1. The molecule has 0 saturated carbocycles. The van der Waals surface area contributed by atoms with Crippen LogP contribution in [-0.4, -0.2) is 57.8 Å². The number of nitrogens with one attached hydrogen (secondary N) is 1. The molecule has 1 N–H and O–H groups in total. The third kappa shape index (κ3) is 4.10. The van der Waals surface area contributed by atoms with Crippen LogP contribution < -0.4 is 5.56 Å². The van der Waals surface area contributed by atoms with Crippen molar-refractivity contribution in [2.75, 3.05) is 26.2 Å². The maximum Gasteiger partial charge on any atom is 0.289 e. The lowest BCUT2D eigenvalue weighted by Gasteiger charge is -2.22. The first-order valence-electron chi connectivity index (χ1n) is 9.04. The molecule has 2 amide bonds. The fourth-order valence-corrected chi connectivity index (χ4v) is 3.33. The van der Waals surface area contributed by atoms with Crippen molar-refractivity contribution < 1.29 is 14.0 Å². The van der Waals surface area contributed by atoms with E-state index in [9.17, 15) is 14.4 Å². The Morgan fingerprint density at radius 2 is 1.85 bits per heavy atom. The number of amides is 2. The zero-order chi connectivity index (χ0) is 19.6. The molecule has 0 unspecified atom stereocenters. The van der Waals surface area contributed by atoms with Gasteiger partial charge in [-0.05, 0) is 33.3 Å². The van der Waals surface area contributed by atoms with Gasteiger partial charge < -0.3 is 19.2 Å². The number of furan rings is 1. The fraction of sp³-hybridized carbons (Fsp3) is 0.474. The zero-order valence-corrected chi connectivity index (χ0v) is 15.9. The summed E-state index contributed by atoms with van der Waals surface area (Å²) in [5.41, 5.74) is 1.51. The number of H-pyrrole nitrogens is 1. The predicted molar refractivity (Wildman–Crippen MR) is 98.6 cm³/mol. The average Bonchev–Trinajstić information content (AvgIpc) is 2.89. The molecule has 1 aliphatic heterocycles. The van der Waals surface area contributed by atoms with E-state index in [-0.39, 0.29) is 23.8 Å². The predicted octanol–water partition coefficient (Wildman–Crippen LogP) is 1.21. The monoisotopic (exact) mass is 372 g/mol. The van der Waals surface area contributed by atoms with Crippen molar-refractivity contribution in [1.29, 1.82) is 0 Å². The van der Waals surface area contributed by atoms with E-state index in [1.165, 1.54) is 6.26 Å². The van der Waals surface area contributed by atoms with Gasteiger partial charge in [-0.2, -0.15) is 0 Å². The van der Waals surface area contributed by atoms with Gasteiger partial charge in [0.15, 0.2) is 5.76 Å². The topological polar surface area (TPSA) is 99.5 Å². The lowest BCUT2D eigenvalue weighted by Crippen LogP contribution is -2.38. The van der Waals surface area contributed by atoms with Crippen molar-refractivity contribution in [3.63, 3.8) is 0 Å². The van der Waals surface area contributed by atoms with Crippen LogP contribution in [0.3, 0.4) is 0 Å². The van der Waals surface area contributed by atoms with E-state index in [0.717, 1.165) is 5.56 Å². The van der Waals surface area contributed by atoms with Crippen molar-refractivity contribution >= 4 is 11.8 Å². The van der Waals surface area contributed by atoms with Crippen LogP contribution in [0, 0.1) is 20.8 Å². The Kier molecular flexibility index (Phi) is 5.43. The van der Waals surface area contributed by atoms with Gasteiger partial charge in [0.2, 0.25) is 5.91 Å². The Labute approximate surface area is 157 Å². The number of aromatic nitrogens is 2. The molecule has 1 aliphatic rings. The Hall–Kier alpha value is -2.90. The summed E-state index contributed by atoms with van der Waals surface area (Å²) >= 11 is 0. The van der Waals surface area contributed by atoms with Gasteiger partial charge in [0, 0.05) is 43.0 Å². The standard InChI is InChI=1S/C19H24N4O4/c1-12-5-10-27-17(12)19(26)23-7-4-6-22(8-9-23)16(24)11-15-13(2)20-14(3)21-18(15)25/h5,10H,4,6-9,11H2,1-3H3,(H,20,21,25). The quantitative estimate of drug-likeness (QED) is 0.873. The van der Waals surface area contributed by atoms with E-state index in [4.69, 9.17) is 4.42 Å². The molecule has 0 atom stereocenters. The molecule has 27 heavy (non-hydrogen) atoms. The Bertz CT molecular complexity index is 915. The number of nitrogens with zero attached hydrogens (tertiary/aromatic N) is 3. The minimum Gasteiger partial charge on any atom is -0.459 e. The third-order valence-electron chi connectivity index (χ3n) is 4.86. The summed E-state index contributed by atoms with van der Waals surface area (Å²) in [7, 11) is 0. The second-order valence-electron chi connectivity index (χ2n) is 6.85. The van der Waals surface area contributed by atoms with Gasteiger partial charge in [0.05, 0.1) is 12.7 Å². The molecular weight excluding hydrogens is 348 g/mol. The van der Waals surface area contributed by atoms with Crippen LogP contribution in [0.2, 0.25) is 0 Å². The molecule has 0 bridgehead atoms. The highest BCUT2D eigenvalue weighted by Gasteiger charge is 2.26. The smallest absolute Gasteiger partial charge is 0.289 e. The minimum absolute atomic E-state index is 0.0136. The highest BCUT2D eigenvalue weighted by Crippen LogP contribution is 2.14.